The fourth-order valence-electron chi connectivity index (χ4n) is 0.750. The maximum atomic E-state index is 10.8. The third kappa shape index (κ3) is 2.05. The van der Waals surface area contributed by atoms with Gasteiger partial charge in [0.25, 0.3) is 0 Å². The van der Waals surface area contributed by atoms with Crippen molar-refractivity contribution in [1.82, 2.24) is 4.98 Å². The molecule has 1 radical (unpaired) electrons. The number of nitrogens with zero attached hydrogens (tertiary/aromatic N) is 1. The van der Waals surface area contributed by atoms with Crippen LogP contribution in [0.15, 0.2) is 12.3 Å². The fourth-order valence-corrected chi connectivity index (χ4v) is 0.750. The van der Waals surface area contributed by atoms with Crippen LogP contribution in [0.5, 0.6) is 5.88 Å². The van der Waals surface area contributed by atoms with Gasteiger partial charge < -0.3 is 4.74 Å². The molecule has 0 spiro atoms. The molecule has 1 aromatic heterocycles. The molecule has 0 N–H and O–H groups in total. The quantitative estimate of drug-likeness (QED) is 0.635. The Bertz CT molecular complexity index is 266. The Morgan fingerprint density at radius 1 is 1.75 bits per heavy atom. The Balaban J connectivity index is 2.78. The van der Waals surface area contributed by atoms with Crippen LogP contribution in [0, 0.1) is 6.07 Å². The average molecular weight is 164 g/mol. The standard InChI is InChI=1S/C9H10NO2/c1-3-12-9-5-4-8(6-10-9)7(2)11/h4,6H,3H2,1-2H3. The summed E-state index contributed by atoms with van der Waals surface area (Å²) >= 11 is 0. The maximum Gasteiger partial charge on any atom is 0.221 e. The van der Waals surface area contributed by atoms with Crippen molar-refractivity contribution >= 4 is 5.78 Å². The van der Waals surface area contributed by atoms with E-state index in [1.54, 1.807) is 6.07 Å². The van der Waals surface area contributed by atoms with Crippen LogP contribution in [-0.2, 0) is 0 Å². The highest BCUT2D eigenvalue weighted by Gasteiger charge is 1.99. The zero-order chi connectivity index (χ0) is 8.97. The molecule has 0 saturated carbocycles. The molecule has 0 aromatic carbocycles. The van der Waals surface area contributed by atoms with Gasteiger partial charge in [-0.1, -0.05) is 0 Å². The lowest BCUT2D eigenvalue weighted by Gasteiger charge is -2.00. The molecule has 12 heavy (non-hydrogen) atoms. The van der Waals surface area contributed by atoms with E-state index in [0.717, 1.165) is 0 Å². The molecule has 63 valence electrons. The largest absolute Gasteiger partial charge is 0.478 e. The summed E-state index contributed by atoms with van der Waals surface area (Å²) in [6.45, 7) is 3.92. The first kappa shape index (κ1) is 8.71. The highest BCUT2D eigenvalue weighted by molar-refractivity contribution is 5.93. The minimum absolute atomic E-state index is 0.0122. The first-order valence-corrected chi connectivity index (χ1v) is 3.75. The molecular formula is C9H10NO2. The zero-order valence-electron chi connectivity index (χ0n) is 7.13. The molecule has 0 amide bonds. The van der Waals surface area contributed by atoms with Gasteiger partial charge in [0.15, 0.2) is 5.78 Å². The highest BCUT2D eigenvalue weighted by Crippen LogP contribution is 2.06. The first-order valence-electron chi connectivity index (χ1n) is 3.75. The number of carbonyl (C=O) groups is 1. The van der Waals surface area contributed by atoms with E-state index in [4.69, 9.17) is 4.74 Å². The number of ether oxygens (including phenoxy) is 1. The van der Waals surface area contributed by atoms with Crippen molar-refractivity contribution in [2.75, 3.05) is 6.61 Å². The van der Waals surface area contributed by atoms with E-state index < -0.39 is 0 Å². The number of carbonyl (C=O) groups excluding carboxylic acids is 1. The van der Waals surface area contributed by atoms with Gasteiger partial charge in [-0.15, -0.1) is 0 Å². The SMILES string of the molecule is CCOc1[c]cc(C(C)=O)cn1. The molecule has 3 heteroatoms. The zero-order valence-corrected chi connectivity index (χ0v) is 7.13. The van der Waals surface area contributed by atoms with Gasteiger partial charge in [-0.2, -0.15) is 0 Å². The fraction of sp³-hybridized carbons (Fsp3) is 0.333. The molecule has 0 aliphatic rings. The minimum atomic E-state index is -0.0122. The number of hydrogen-bond acceptors (Lipinski definition) is 3. The predicted molar refractivity (Wildman–Crippen MR) is 44.2 cm³/mol. The summed E-state index contributed by atoms with van der Waals surface area (Å²) in [5.41, 5.74) is 0.554. The molecule has 0 atom stereocenters. The molecule has 1 aromatic rings. The lowest BCUT2D eigenvalue weighted by Crippen LogP contribution is -1.97. The van der Waals surface area contributed by atoms with Crippen LogP contribution in [0.3, 0.4) is 0 Å². The Hall–Kier alpha value is -1.38. The average Bonchev–Trinajstić information content (AvgIpc) is 2.06. The van der Waals surface area contributed by atoms with Crippen LogP contribution in [-0.4, -0.2) is 17.4 Å². The first-order chi connectivity index (χ1) is 5.74. The Kier molecular flexibility index (Phi) is 2.80. The number of rotatable bonds is 3. The topological polar surface area (TPSA) is 39.2 Å². The van der Waals surface area contributed by atoms with Crippen molar-refractivity contribution in [2.45, 2.75) is 13.8 Å². The van der Waals surface area contributed by atoms with Gasteiger partial charge in [0, 0.05) is 11.8 Å². The molecule has 3 nitrogen and oxygen atoms in total. The van der Waals surface area contributed by atoms with Crippen molar-refractivity contribution in [2.24, 2.45) is 0 Å². The van der Waals surface area contributed by atoms with Gasteiger partial charge in [0.05, 0.1) is 12.7 Å². The normalized spacial score (nSPS) is 9.50. The smallest absolute Gasteiger partial charge is 0.221 e. The second-order valence-electron chi connectivity index (χ2n) is 2.30. The molecule has 0 aliphatic heterocycles. The minimum Gasteiger partial charge on any atom is -0.478 e. The highest BCUT2D eigenvalue weighted by atomic mass is 16.5. The van der Waals surface area contributed by atoms with E-state index in [-0.39, 0.29) is 5.78 Å². The molecule has 0 fully saturated rings. The summed E-state index contributed by atoms with van der Waals surface area (Å²) in [6.07, 6.45) is 1.49. The number of hydrogen-bond donors (Lipinski definition) is 0. The van der Waals surface area contributed by atoms with Gasteiger partial charge >= 0.3 is 0 Å². The van der Waals surface area contributed by atoms with Crippen LogP contribution < -0.4 is 4.74 Å². The van der Waals surface area contributed by atoms with Crippen molar-refractivity contribution in [3.8, 4) is 5.88 Å². The van der Waals surface area contributed by atoms with Crippen molar-refractivity contribution in [3.63, 3.8) is 0 Å². The second-order valence-corrected chi connectivity index (χ2v) is 2.30. The summed E-state index contributed by atoms with van der Waals surface area (Å²) in [7, 11) is 0. The van der Waals surface area contributed by atoms with Crippen LogP contribution in [0.25, 0.3) is 0 Å². The van der Waals surface area contributed by atoms with E-state index in [2.05, 4.69) is 11.1 Å². The lowest BCUT2D eigenvalue weighted by molar-refractivity contribution is 0.101. The van der Waals surface area contributed by atoms with Crippen LogP contribution >= 0.6 is 0 Å². The van der Waals surface area contributed by atoms with Crippen LogP contribution in [0.1, 0.15) is 24.2 Å². The van der Waals surface area contributed by atoms with Crippen molar-refractivity contribution < 1.29 is 9.53 Å². The molecule has 0 bridgehead atoms. The second kappa shape index (κ2) is 3.85. The molecule has 1 rings (SSSR count). The van der Waals surface area contributed by atoms with Crippen molar-refractivity contribution in [1.29, 1.82) is 0 Å². The Labute approximate surface area is 71.4 Å². The van der Waals surface area contributed by atoms with E-state index >= 15 is 0 Å². The number of aromatic nitrogens is 1. The van der Waals surface area contributed by atoms with Gasteiger partial charge in [0.1, 0.15) is 0 Å². The van der Waals surface area contributed by atoms with E-state index in [1.807, 2.05) is 6.92 Å². The van der Waals surface area contributed by atoms with Gasteiger partial charge in [-0.25, -0.2) is 4.98 Å². The van der Waals surface area contributed by atoms with Gasteiger partial charge in [0.2, 0.25) is 5.88 Å². The molecule has 1 heterocycles. The number of pyridine rings is 1. The van der Waals surface area contributed by atoms with Crippen molar-refractivity contribution in [3.05, 3.63) is 23.9 Å². The predicted octanol–water partition coefficient (Wildman–Crippen LogP) is 1.48. The summed E-state index contributed by atoms with van der Waals surface area (Å²) in [5, 5.41) is 0. The number of Topliss-reactive ketones (excluding diaryl/α,β-unsaturated/α-hetero) is 1. The third-order valence-electron chi connectivity index (χ3n) is 1.36. The molecule has 0 aliphatic carbocycles. The third-order valence-corrected chi connectivity index (χ3v) is 1.36. The van der Waals surface area contributed by atoms with Gasteiger partial charge in [-0.3, -0.25) is 4.79 Å². The Morgan fingerprint density at radius 3 is 2.92 bits per heavy atom. The monoisotopic (exact) mass is 164 g/mol. The maximum absolute atomic E-state index is 10.8. The van der Waals surface area contributed by atoms with Crippen LogP contribution in [0.4, 0.5) is 0 Å². The van der Waals surface area contributed by atoms with Crippen LogP contribution in [0.2, 0.25) is 0 Å². The summed E-state index contributed by atoms with van der Waals surface area (Å²) in [5.74, 6) is 0.421. The summed E-state index contributed by atoms with van der Waals surface area (Å²) in [6, 6.07) is 4.35. The van der Waals surface area contributed by atoms with E-state index in [1.165, 1.54) is 13.1 Å². The number of ketones is 1. The van der Waals surface area contributed by atoms with E-state index in [0.29, 0.717) is 18.1 Å². The Morgan fingerprint density at radius 2 is 2.50 bits per heavy atom. The van der Waals surface area contributed by atoms with Gasteiger partial charge in [-0.05, 0) is 19.9 Å². The molecule has 0 saturated heterocycles. The summed E-state index contributed by atoms with van der Waals surface area (Å²) in [4.78, 5) is 14.7. The van der Waals surface area contributed by atoms with E-state index in [9.17, 15) is 4.79 Å². The molecular weight excluding hydrogens is 154 g/mol. The lowest BCUT2D eigenvalue weighted by atomic mass is 10.2. The molecule has 0 unspecified atom stereocenters. The summed E-state index contributed by atoms with van der Waals surface area (Å²) < 4.78 is 5.06.